The fourth-order valence-corrected chi connectivity index (χ4v) is 1.38. The Kier molecular flexibility index (Phi) is 4.91. The van der Waals surface area contributed by atoms with Gasteiger partial charge in [-0.2, -0.15) is 0 Å². The molecule has 0 aromatic carbocycles. The second-order valence-electron chi connectivity index (χ2n) is 3.66. The van der Waals surface area contributed by atoms with Crippen molar-refractivity contribution in [1.82, 2.24) is 10.3 Å². The standard InChI is InChI=1S/C11H17ClN2/c1-9(6-12)10(2)14-8-11-4-3-5-13-7-11/h3-5,7,9-10,14H,6,8H2,1-2H3. The van der Waals surface area contributed by atoms with Gasteiger partial charge in [0, 0.05) is 30.9 Å². The highest BCUT2D eigenvalue weighted by Gasteiger charge is 2.09. The molecule has 0 radical (unpaired) electrons. The summed E-state index contributed by atoms with van der Waals surface area (Å²) in [6.45, 7) is 5.16. The molecule has 0 bridgehead atoms. The summed E-state index contributed by atoms with van der Waals surface area (Å²) in [5.41, 5.74) is 1.21. The van der Waals surface area contributed by atoms with E-state index in [9.17, 15) is 0 Å². The molecule has 0 aliphatic carbocycles. The van der Waals surface area contributed by atoms with E-state index >= 15 is 0 Å². The molecule has 78 valence electrons. The molecule has 0 fully saturated rings. The molecule has 0 aliphatic rings. The van der Waals surface area contributed by atoms with Gasteiger partial charge in [-0.15, -0.1) is 11.6 Å². The van der Waals surface area contributed by atoms with Crippen molar-refractivity contribution in [2.45, 2.75) is 26.4 Å². The molecule has 0 amide bonds. The number of nitrogens with zero attached hydrogens (tertiary/aromatic N) is 1. The summed E-state index contributed by atoms with van der Waals surface area (Å²) in [5.74, 6) is 1.19. The molecule has 0 saturated carbocycles. The van der Waals surface area contributed by atoms with Crippen LogP contribution in [0.3, 0.4) is 0 Å². The van der Waals surface area contributed by atoms with Gasteiger partial charge >= 0.3 is 0 Å². The zero-order chi connectivity index (χ0) is 10.4. The lowest BCUT2D eigenvalue weighted by Gasteiger charge is -2.18. The fourth-order valence-electron chi connectivity index (χ4n) is 1.12. The second kappa shape index (κ2) is 5.99. The Hall–Kier alpha value is -0.600. The lowest BCUT2D eigenvalue weighted by molar-refractivity contribution is 0.429. The second-order valence-corrected chi connectivity index (χ2v) is 3.97. The van der Waals surface area contributed by atoms with Gasteiger partial charge in [0.2, 0.25) is 0 Å². The number of hydrogen-bond donors (Lipinski definition) is 1. The molecule has 0 spiro atoms. The van der Waals surface area contributed by atoms with Crippen molar-refractivity contribution in [2.75, 3.05) is 5.88 Å². The maximum Gasteiger partial charge on any atom is 0.0312 e. The van der Waals surface area contributed by atoms with Crippen molar-refractivity contribution < 1.29 is 0 Å². The van der Waals surface area contributed by atoms with E-state index in [-0.39, 0.29) is 0 Å². The molecule has 1 aromatic heterocycles. The number of halogens is 1. The smallest absolute Gasteiger partial charge is 0.0312 e. The van der Waals surface area contributed by atoms with Gasteiger partial charge in [0.05, 0.1) is 0 Å². The van der Waals surface area contributed by atoms with Crippen LogP contribution in [0.1, 0.15) is 19.4 Å². The maximum atomic E-state index is 5.78. The first kappa shape index (κ1) is 11.5. The number of aromatic nitrogens is 1. The Labute approximate surface area is 90.7 Å². The summed E-state index contributed by atoms with van der Waals surface area (Å²) < 4.78 is 0. The van der Waals surface area contributed by atoms with Gasteiger partial charge in [0.1, 0.15) is 0 Å². The zero-order valence-corrected chi connectivity index (χ0v) is 9.46. The van der Waals surface area contributed by atoms with Crippen LogP contribution in [-0.4, -0.2) is 16.9 Å². The first-order valence-corrected chi connectivity index (χ1v) is 5.45. The normalized spacial score (nSPS) is 15.1. The van der Waals surface area contributed by atoms with Crippen molar-refractivity contribution in [1.29, 1.82) is 0 Å². The van der Waals surface area contributed by atoms with Gasteiger partial charge in [0.25, 0.3) is 0 Å². The van der Waals surface area contributed by atoms with Crippen molar-refractivity contribution in [3.63, 3.8) is 0 Å². The van der Waals surface area contributed by atoms with E-state index < -0.39 is 0 Å². The van der Waals surface area contributed by atoms with Crippen LogP contribution in [0.4, 0.5) is 0 Å². The number of nitrogens with one attached hydrogen (secondary N) is 1. The minimum Gasteiger partial charge on any atom is -0.310 e. The van der Waals surface area contributed by atoms with Crippen LogP contribution >= 0.6 is 11.6 Å². The van der Waals surface area contributed by atoms with E-state index in [0.717, 1.165) is 6.54 Å². The lowest BCUT2D eigenvalue weighted by atomic mass is 10.1. The number of rotatable bonds is 5. The Morgan fingerprint density at radius 1 is 1.50 bits per heavy atom. The minimum atomic E-state index is 0.438. The summed E-state index contributed by atoms with van der Waals surface area (Å²) in [6, 6.07) is 4.46. The zero-order valence-electron chi connectivity index (χ0n) is 8.70. The van der Waals surface area contributed by atoms with Crippen molar-refractivity contribution in [2.24, 2.45) is 5.92 Å². The predicted octanol–water partition coefficient (Wildman–Crippen LogP) is 2.43. The van der Waals surface area contributed by atoms with Gasteiger partial charge in [-0.3, -0.25) is 4.98 Å². The summed E-state index contributed by atoms with van der Waals surface area (Å²) in [7, 11) is 0. The van der Waals surface area contributed by atoms with E-state index in [2.05, 4.69) is 30.2 Å². The molecule has 1 N–H and O–H groups in total. The minimum absolute atomic E-state index is 0.438. The first-order chi connectivity index (χ1) is 6.74. The highest BCUT2D eigenvalue weighted by Crippen LogP contribution is 2.05. The van der Waals surface area contributed by atoms with E-state index in [4.69, 9.17) is 11.6 Å². The molecule has 2 atom stereocenters. The Bertz CT molecular complexity index is 251. The summed E-state index contributed by atoms with van der Waals surface area (Å²) in [4.78, 5) is 4.06. The van der Waals surface area contributed by atoms with E-state index in [1.54, 1.807) is 6.20 Å². The van der Waals surface area contributed by atoms with Crippen molar-refractivity contribution >= 4 is 11.6 Å². The van der Waals surface area contributed by atoms with Crippen LogP contribution in [-0.2, 0) is 6.54 Å². The molecule has 1 heterocycles. The third-order valence-corrected chi connectivity index (χ3v) is 2.93. The summed E-state index contributed by atoms with van der Waals surface area (Å²) in [5, 5.41) is 3.43. The Morgan fingerprint density at radius 3 is 2.86 bits per heavy atom. The van der Waals surface area contributed by atoms with Gasteiger partial charge in [-0.05, 0) is 24.5 Å². The van der Waals surface area contributed by atoms with Crippen LogP contribution in [0, 0.1) is 5.92 Å². The van der Waals surface area contributed by atoms with Gasteiger partial charge in [-0.25, -0.2) is 0 Å². The molecule has 2 unspecified atom stereocenters. The monoisotopic (exact) mass is 212 g/mol. The predicted molar refractivity (Wildman–Crippen MR) is 60.4 cm³/mol. The van der Waals surface area contributed by atoms with Crippen LogP contribution in [0.2, 0.25) is 0 Å². The summed E-state index contributed by atoms with van der Waals surface area (Å²) >= 11 is 5.78. The molecular weight excluding hydrogens is 196 g/mol. The first-order valence-electron chi connectivity index (χ1n) is 4.92. The van der Waals surface area contributed by atoms with E-state index in [1.165, 1.54) is 5.56 Å². The van der Waals surface area contributed by atoms with E-state index in [0.29, 0.717) is 17.8 Å². The number of pyridine rings is 1. The molecule has 14 heavy (non-hydrogen) atoms. The average Bonchev–Trinajstić information content (AvgIpc) is 2.26. The topological polar surface area (TPSA) is 24.9 Å². The Balaban J connectivity index is 2.34. The third kappa shape index (κ3) is 3.64. The quantitative estimate of drug-likeness (QED) is 0.759. The molecule has 0 aliphatic heterocycles. The SMILES string of the molecule is CC(CCl)C(C)NCc1cccnc1. The third-order valence-electron chi connectivity index (χ3n) is 2.45. The highest BCUT2D eigenvalue weighted by atomic mass is 35.5. The highest BCUT2D eigenvalue weighted by molar-refractivity contribution is 6.18. The largest absolute Gasteiger partial charge is 0.310 e. The fraction of sp³-hybridized carbons (Fsp3) is 0.545. The summed E-state index contributed by atoms with van der Waals surface area (Å²) in [6.07, 6.45) is 3.67. The van der Waals surface area contributed by atoms with Crippen LogP contribution in [0.15, 0.2) is 24.5 Å². The molecule has 2 nitrogen and oxygen atoms in total. The molecule has 0 saturated heterocycles. The molecule has 1 aromatic rings. The molecule has 3 heteroatoms. The van der Waals surface area contributed by atoms with Crippen molar-refractivity contribution in [3.8, 4) is 0 Å². The lowest BCUT2D eigenvalue weighted by Crippen LogP contribution is -2.32. The van der Waals surface area contributed by atoms with Crippen LogP contribution in [0.25, 0.3) is 0 Å². The van der Waals surface area contributed by atoms with Crippen LogP contribution in [0.5, 0.6) is 0 Å². The molecule has 1 rings (SSSR count). The van der Waals surface area contributed by atoms with Gasteiger partial charge in [0.15, 0.2) is 0 Å². The van der Waals surface area contributed by atoms with Crippen LogP contribution < -0.4 is 5.32 Å². The molecular formula is C11H17ClN2. The number of hydrogen-bond acceptors (Lipinski definition) is 2. The van der Waals surface area contributed by atoms with Crippen molar-refractivity contribution in [3.05, 3.63) is 30.1 Å². The van der Waals surface area contributed by atoms with Gasteiger partial charge in [-0.1, -0.05) is 13.0 Å². The average molecular weight is 213 g/mol. The number of alkyl halides is 1. The maximum absolute atomic E-state index is 5.78. The van der Waals surface area contributed by atoms with E-state index in [1.807, 2.05) is 12.3 Å². The van der Waals surface area contributed by atoms with Gasteiger partial charge < -0.3 is 5.32 Å². The Morgan fingerprint density at radius 2 is 2.29 bits per heavy atom.